The monoisotopic (exact) mass is 301 g/mol. The number of hydrazone groups is 1. The molecule has 1 spiro atoms. The number of nitrogens with one attached hydrogen (secondary N) is 1. The van der Waals surface area contributed by atoms with Gasteiger partial charge in [-0.1, -0.05) is 31.4 Å². The number of carbonyl (C=O) groups is 2. The van der Waals surface area contributed by atoms with Crippen LogP contribution < -0.4 is 10.1 Å². The van der Waals surface area contributed by atoms with Crippen LogP contribution in [0.4, 0.5) is 4.79 Å². The van der Waals surface area contributed by atoms with Crippen LogP contribution in [0, 0.1) is 0 Å². The minimum Gasteiger partial charge on any atom is -0.497 e. The van der Waals surface area contributed by atoms with Crippen molar-refractivity contribution in [3.8, 4) is 5.75 Å². The first-order valence-electron chi connectivity index (χ1n) is 7.49. The predicted octanol–water partition coefficient (Wildman–Crippen LogP) is 2.28. The topological polar surface area (TPSA) is 71.0 Å². The fourth-order valence-corrected chi connectivity index (χ4v) is 3.05. The number of urea groups is 1. The van der Waals surface area contributed by atoms with Gasteiger partial charge in [-0.05, 0) is 30.5 Å². The molecule has 1 aliphatic heterocycles. The van der Waals surface area contributed by atoms with E-state index in [0.29, 0.717) is 18.6 Å². The van der Waals surface area contributed by atoms with Gasteiger partial charge in [0, 0.05) is 0 Å². The summed E-state index contributed by atoms with van der Waals surface area (Å²) in [7, 11) is 1.58. The fourth-order valence-electron chi connectivity index (χ4n) is 3.05. The van der Waals surface area contributed by atoms with Crippen LogP contribution in [0.15, 0.2) is 29.4 Å². The van der Waals surface area contributed by atoms with Crippen molar-refractivity contribution in [2.45, 2.75) is 37.6 Å². The van der Waals surface area contributed by atoms with Crippen LogP contribution in [0.1, 0.15) is 37.7 Å². The summed E-state index contributed by atoms with van der Waals surface area (Å²) in [6.45, 7) is 0. The lowest BCUT2D eigenvalue weighted by Crippen LogP contribution is -2.48. The normalized spacial score (nSPS) is 20.7. The van der Waals surface area contributed by atoms with Gasteiger partial charge in [0.25, 0.3) is 5.91 Å². The van der Waals surface area contributed by atoms with E-state index >= 15 is 0 Å². The Labute approximate surface area is 129 Å². The number of imide groups is 1. The van der Waals surface area contributed by atoms with Crippen LogP contribution >= 0.6 is 0 Å². The van der Waals surface area contributed by atoms with Gasteiger partial charge in [-0.2, -0.15) is 5.10 Å². The Morgan fingerprint density at radius 3 is 2.77 bits per heavy atom. The Kier molecular flexibility index (Phi) is 3.83. The largest absolute Gasteiger partial charge is 0.497 e. The average molecular weight is 301 g/mol. The van der Waals surface area contributed by atoms with Crippen molar-refractivity contribution in [1.82, 2.24) is 10.3 Å². The molecule has 1 saturated carbocycles. The van der Waals surface area contributed by atoms with Crippen LogP contribution in [0.2, 0.25) is 0 Å². The first kappa shape index (κ1) is 14.6. The molecule has 1 heterocycles. The molecule has 1 N–H and O–H groups in total. The van der Waals surface area contributed by atoms with Crippen molar-refractivity contribution in [2.75, 3.05) is 7.11 Å². The Morgan fingerprint density at radius 2 is 2.05 bits per heavy atom. The molecule has 116 valence electrons. The molecule has 0 bridgehead atoms. The maximum atomic E-state index is 12.5. The third-order valence-corrected chi connectivity index (χ3v) is 4.26. The van der Waals surface area contributed by atoms with Crippen LogP contribution in [0.5, 0.6) is 5.75 Å². The highest BCUT2D eigenvalue weighted by molar-refractivity contribution is 6.07. The molecular weight excluding hydrogens is 282 g/mol. The van der Waals surface area contributed by atoms with Crippen molar-refractivity contribution in [2.24, 2.45) is 5.10 Å². The number of methoxy groups -OCH3 is 1. The van der Waals surface area contributed by atoms with E-state index in [1.807, 2.05) is 18.2 Å². The number of ether oxygens (including phenoxy) is 1. The molecular formula is C16H19N3O3. The molecule has 0 atom stereocenters. The van der Waals surface area contributed by atoms with Crippen molar-refractivity contribution in [1.29, 1.82) is 0 Å². The summed E-state index contributed by atoms with van der Waals surface area (Å²) in [5.74, 6) is 0.459. The molecule has 1 saturated heterocycles. The van der Waals surface area contributed by atoms with E-state index in [1.54, 1.807) is 13.2 Å². The quantitative estimate of drug-likeness (QED) is 0.688. The van der Waals surface area contributed by atoms with Crippen LogP contribution in [0.3, 0.4) is 0 Å². The SMILES string of the molecule is COc1cccc(C=NN2C(=O)NC3(CCCCC3)C2=O)c1. The van der Waals surface area contributed by atoms with Gasteiger partial charge in [0.15, 0.2) is 0 Å². The van der Waals surface area contributed by atoms with Crippen molar-refractivity contribution < 1.29 is 14.3 Å². The Hall–Kier alpha value is -2.37. The van der Waals surface area contributed by atoms with E-state index in [2.05, 4.69) is 10.4 Å². The molecule has 0 radical (unpaired) electrons. The highest BCUT2D eigenvalue weighted by atomic mass is 16.5. The Balaban J connectivity index is 1.78. The van der Waals surface area contributed by atoms with E-state index in [9.17, 15) is 9.59 Å². The van der Waals surface area contributed by atoms with Gasteiger partial charge in [0.05, 0.1) is 13.3 Å². The van der Waals surface area contributed by atoms with Gasteiger partial charge in [-0.3, -0.25) is 4.79 Å². The van der Waals surface area contributed by atoms with Crippen LogP contribution in [-0.2, 0) is 4.79 Å². The first-order chi connectivity index (χ1) is 10.6. The van der Waals surface area contributed by atoms with Gasteiger partial charge < -0.3 is 10.1 Å². The fraction of sp³-hybridized carbons (Fsp3) is 0.438. The lowest BCUT2D eigenvalue weighted by molar-refractivity contribution is -0.132. The summed E-state index contributed by atoms with van der Waals surface area (Å²) in [6, 6.07) is 6.83. The molecule has 3 amide bonds. The van der Waals surface area contributed by atoms with Crippen molar-refractivity contribution in [3.05, 3.63) is 29.8 Å². The molecule has 2 aliphatic rings. The van der Waals surface area contributed by atoms with E-state index in [-0.39, 0.29) is 5.91 Å². The second kappa shape index (κ2) is 5.79. The summed E-state index contributed by atoms with van der Waals surface area (Å²) in [5, 5.41) is 7.85. The number of hydrogen-bond donors (Lipinski definition) is 1. The molecule has 6 heteroatoms. The third kappa shape index (κ3) is 2.56. The summed E-state index contributed by atoms with van der Waals surface area (Å²) in [5.41, 5.74) is 0.0330. The highest BCUT2D eigenvalue weighted by Crippen LogP contribution is 2.33. The minimum absolute atomic E-state index is 0.239. The zero-order valence-corrected chi connectivity index (χ0v) is 12.5. The molecule has 1 aromatic rings. The molecule has 1 aliphatic carbocycles. The number of hydrogen-bond acceptors (Lipinski definition) is 4. The van der Waals surface area contributed by atoms with Crippen molar-refractivity contribution >= 4 is 18.2 Å². The number of nitrogens with zero attached hydrogens (tertiary/aromatic N) is 2. The standard InChI is InChI=1S/C16H19N3O3/c1-22-13-7-5-6-12(10-13)11-17-19-14(20)16(18-15(19)21)8-3-2-4-9-16/h5-7,10-11H,2-4,8-9H2,1H3,(H,18,21). The summed E-state index contributed by atoms with van der Waals surface area (Å²) in [4.78, 5) is 24.6. The Bertz CT molecular complexity index is 621. The number of amides is 3. The molecule has 0 unspecified atom stereocenters. The zero-order chi connectivity index (χ0) is 15.6. The van der Waals surface area contributed by atoms with Gasteiger partial charge in [-0.25, -0.2) is 4.79 Å². The predicted molar refractivity (Wildman–Crippen MR) is 81.8 cm³/mol. The van der Waals surface area contributed by atoms with Gasteiger partial charge >= 0.3 is 6.03 Å². The van der Waals surface area contributed by atoms with Crippen molar-refractivity contribution in [3.63, 3.8) is 0 Å². The van der Waals surface area contributed by atoms with Crippen LogP contribution in [-0.4, -0.2) is 35.8 Å². The molecule has 3 rings (SSSR count). The maximum absolute atomic E-state index is 12.5. The average Bonchev–Trinajstić information content (AvgIpc) is 2.77. The second-order valence-corrected chi connectivity index (χ2v) is 5.71. The molecule has 0 aromatic heterocycles. The molecule has 1 aromatic carbocycles. The zero-order valence-electron chi connectivity index (χ0n) is 12.5. The molecule has 6 nitrogen and oxygen atoms in total. The lowest BCUT2D eigenvalue weighted by atomic mass is 9.82. The van der Waals surface area contributed by atoms with Crippen LogP contribution in [0.25, 0.3) is 0 Å². The molecule has 2 fully saturated rings. The van der Waals surface area contributed by atoms with E-state index < -0.39 is 11.6 Å². The van der Waals surface area contributed by atoms with Gasteiger partial charge in [0.2, 0.25) is 0 Å². The second-order valence-electron chi connectivity index (χ2n) is 5.71. The first-order valence-corrected chi connectivity index (χ1v) is 7.49. The lowest BCUT2D eigenvalue weighted by Gasteiger charge is -2.29. The third-order valence-electron chi connectivity index (χ3n) is 4.26. The molecule has 22 heavy (non-hydrogen) atoms. The summed E-state index contributed by atoms with van der Waals surface area (Å²) < 4.78 is 5.14. The maximum Gasteiger partial charge on any atom is 0.346 e. The number of carbonyl (C=O) groups excluding carboxylic acids is 2. The number of benzene rings is 1. The van der Waals surface area contributed by atoms with E-state index in [0.717, 1.165) is 29.8 Å². The van der Waals surface area contributed by atoms with E-state index in [4.69, 9.17) is 4.74 Å². The smallest absolute Gasteiger partial charge is 0.346 e. The van der Waals surface area contributed by atoms with Gasteiger partial charge in [-0.15, -0.1) is 5.01 Å². The highest BCUT2D eigenvalue weighted by Gasteiger charge is 2.51. The minimum atomic E-state index is -0.735. The summed E-state index contributed by atoms with van der Waals surface area (Å²) in [6.07, 6.45) is 5.92. The van der Waals surface area contributed by atoms with Gasteiger partial charge in [0.1, 0.15) is 11.3 Å². The Morgan fingerprint density at radius 1 is 1.27 bits per heavy atom. The summed E-state index contributed by atoms with van der Waals surface area (Å²) >= 11 is 0. The van der Waals surface area contributed by atoms with E-state index in [1.165, 1.54) is 6.21 Å². The number of rotatable bonds is 3.